The molecule has 7 heteroatoms. The number of nitrogens with zero attached hydrogens (tertiary/aromatic N) is 1. The van der Waals surface area contributed by atoms with Crippen molar-refractivity contribution < 1.29 is 14.0 Å². The van der Waals surface area contributed by atoms with Gasteiger partial charge in [0.1, 0.15) is 11.9 Å². The molecule has 0 spiro atoms. The summed E-state index contributed by atoms with van der Waals surface area (Å²) in [5.41, 5.74) is 0.914. The van der Waals surface area contributed by atoms with Crippen molar-refractivity contribution in [2.45, 2.75) is 58.0 Å². The second-order valence-electron chi connectivity index (χ2n) is 8.36. The van der Waals surface area contributed by atoms with E-state index in [-0.39, 0.29) is 29.9 Å². The Morgan fingerprint density at radius 1 is 1.10 bits per heavy atom. The quantitative estimate of drug-likeness (QED) is 0.538. The molecule has 168 valence electrons. The van der Waals surface area contributed by atoms with Gasteiger partial charge in [0.2, 0.25) is 11.8 Å². The number of benzene rings is 2. The highest BCUT2D eigenvalue weighted by molar-refractivity contribution is 7.99. The fourth-order valence-electron chi connectivity index (χ4n) is 3.13. The summed E-state index contributed by atoms with van der Waals surface area (Å²) in [7, 11) is 0. The molecule has 0 aliphatic carbocycles. The summed E-state index contributed by atoms with van der Waals surface area (Å²) in [5, 5.41) is 3.52. The lowest BCUT2D eigenvalue weighted by Crippen LogP contribution is -2.53. The van der Waals surface area contributed by atoms with Crippen molar-refractivity contribution in [3.63, 3.8) is 0 Å². The van der Waals surface area contributed by atoms with Crippen molar-refractivity contribution in [1.29, 1.82) is 0 Å². The average molecular weight is 465 g/mol. The third-order valence-corrected chi connectivity index (χ3v) is 5.96. The lowest BCUT2D eigenvalue weighted by Gasteiger charge is -2.33. The van der Waals surface area contributed by atoms with Crippen molar-refractivity contribution in [2.75, 3.05) is 5.75 Å². The molecule has 4 nitrogen and oxygen atoms in total. The maximum Gasteiger partial charge on any atom is 0.243 e. The summed E-state index contributed by atoms with van der Waals surface area (Å²) in [6.07, 6.45) is 0.468. The molecule has 0 saturated heterocycles. The van der Waals surface area contributed by atoms with Crippen LogP contribution in [0.3, 0.4) is 0 Å². The molecule has 2 aromatic carbocycles. The van der Waals surface area contributed by atoms with E-state index < -0.39 is 11.6 Å². The van der Waals surface area contributed by atoms with Crippen LogP contribution in [0, 0.1) is 5.82 Å². The van der Waals surface area contributed by atoms with E-state index in [1.807, 2.05) is 45.9 Å². The minimum Gasteiger partial charge on any atom is -0.350 e. The number of amides is 2. The van der Waals surface area contributed by atoms with Crippen molar-refractivity contribution in [3.8, 4) is 0 Å². The molecule has 2 rings (SSSR count). The second-order valence-corrected chi connectivity index (χ2v) is 9.75. The monoisotopic (exact) mass is 464 g/mol. The molecule has 1 N–H and O–H groups in total. The molecule has 0 radical (unpaired) electrons. The number of carbonyl (C=O) groups is 2. The van der Waals surface area contributed by atoms with Crippen LogP contribution in [0.25, 0.3) is 0 Å². The van der Waals surface area contributed by atoms with Gasteiger partial charge in [-0.2, -0.15) is 0 Å². The first kappa shape index (κ1) is 25.2. The molecule has 1 atom stereocenters. The van der Waals surface area contributed by atoms with E-state index in [2.05, 4.69) is 5.32 Å². The first-order chi connectivity index (χ1) is 14.6. The Morgan fingerprint density at radius 3 is 2.29 bits per heavy atom. The molecule has 0 unspecified atom stereocenters. The molecule has 0 heterocycles. The lowest BCUT2D eigenvalue weighted by molar-refractivity contribution is -0.140. The number of carbonyl (C=O) groups excluding carboxylic acids is 2. The first-order valence-electron chi connectivity index (χ1n) is 10.3. The summed E-state index contributed by atoms with van der Waals surface area (Å²) >= 11 is 7.65. The maximum absolute atomic E-state index is 13.9. The summed E-state index contributed by atoms with van der Waals surface area (Å²) in [6.45, 7) is 7.83. The summed E-state index contributed by atoms with van der Waals surface area (Å²) in [4.78, 5) is 27.7. The van der Waals surface area contributed by atoms with Crippen LogP contribution >= 0.6 is 23.4 Å². The Balaban J connectivity index is 2.19. The molecule has 0 aromatic heterocycles. The van der Waals surface area contributed by atoms with Gasteiger partial charge in [0.05, 0.1) is 5.75 Å². The van der Waals surface area contributed by atoms with Crippen LogP contribution in [0.5, 0.6) is 0 Å². The third-order valence-electron chi connectivity index (χ3n) is 4.62. The highest BCUT2D eigenvalue weighted by atomic mass is 35.5. The predicted molar refractivity (Wildman–Crippen MR) is 127 cm³/mol. The van der Waals surface area contributed by atoms with Gasteiger partial charge in [0.25, 0.3) is 0 Å². The van der Waals surface area contributed by atoms with E-state index in [9.17, 15) is 14.0 Å². The lowest BCUT2D eigenvalue weighted by atomic mass is 10.1. The highest BCUT2D eigenvalue weighted by Crippen LogP contribution is 2.22. The SMILES string of the molecule is CC[C@@H](C(=O)NC(C)(C)C)N(Cc1ccccc1Cl)C(=O)CSCc1ccccc1F. The van der Waals surface area contributed by atoms with E-state index in [1.165, 1.54) is 17.8 Å². The minimum atomic E-state index is -0.628. The van der Waals surface area contributed by atoms with E-state index >= 15 is 0 Å². The normalized spacial score (nSPS) is 12.3. The molecule has 0 bridgehead atoms. The smallest absolute Gasteiger partial charge is 0.243 e. The molecular formula is C24H30ClFN2O2S. The number of halogens is 2. The topological polar surface area (TPSA) is 49.4 Å². The number of rotatable bonds is 9. The van der Waals surface area contributed by atoms with Crippen LogP contribution in [-0.4, -0.2) is 34.0 Å². The van der Waals surface area contributed by atoms with Gasteiger partial charge < -0.3 is 10.2 Å². The molecule has 0 fully saturated rings. The van der Waals surface area contributed by atoms with Gasteiger partial charge in [0, 0.05) is 22.9 Å². The van der Waals surface area contributed by atoms with Crippen molar-refractivity contribution in [1.82, 2.24) is 10.2 Å². The van der Waals surface area contributed by atoms with Gasteiger partial charge in [-0.25, -0.2) is 4.39 Å². The number of thioether (sulfide) groups is 1. The van der Waals surface area contributed by atoms with Crippen LogP contribution in [0.15, 0.2) is 48.5 Å². The third kappa shape index (κ3) is 7.86. The number of hydrogen-bond donors (Lipinski definition) is 1. The molecular weight excluding hydrogens is 435 g/mol. The predicted octanol–water partition coefficient (Wildman–Crippen LogP) is 5.43. The van der Waals surface area contributed by atoms with Crippen LogP contribution in [0.4, 0.5) is 4.39 Å². The number of hydrogen-bond acceptors (Lipinski definition) is 3. The largest absolute Gasteiger partial charge is 0.350 e. The zero-order valence-electron chi connectivity index (χ0n) is 18.5. The van der Waals surface area contributed by atoms with Crippen molar-refractivity contribution in [3.05, 3.63) is 70.5 Å². The standard InChI is InChI=1S/C24H30ClFN2O2S/c1-5-21(23(30)27-24(2,3)4)28(14-17-10-6-8-12-19(17)25)22(29)16-31-15-18-11-7-9-13-20(18)26/h6-13,21H,5,14-16H2,1-4H3,(H,27,30)/t21-/m0/s1. The van der Waals surface area contributed by atoms with Gasteiger partial charge in [-0.05, 0) is 50.5 Å². The zero-order chi connectivity index (χ0) is 23.0. The van der Waals surface area contributed by atoms with Gasteiger partial charge >= 0.3 is 0 Å². The number of nitrogens with one attached hydrogen (secondary N) is 1. The Morgan fingerprint density at radius 2 is 1.71 bits per heavy atom. The zero-order valence-corrected chi connectivity index (χ0v) is 20.0. The first-order valence-corrected chi connectivity index (χ1v) is 11.8. The van der Waals surface area contributed by atoms with Gasteiger partial charge in [-0.3, -0.25) is 9.59 Å². The van der Waals surface area contributed by atoms with Crippen LogP contribution in [0.1, 0.15) is 45.2 Å². The van der Waals surface area contributed by atoms with E-state index in [0.717, 1.165) is 5.56 Å². The Kier molecular flexibility index (Phi) is 9.38. The summed E-state index contributed by atoms with van der Waals surface area (Å²) < 4.78 is 13.9. The Hall–Kier alpha value is -2.05. The molecule has 2 aromatic rings. The average Bonchev–Trinajstić information content (AvgIpc) is 2.69. The Bertz CT molecular complexity index is 901. The van der Waals surface area contributed by atoms with E-state index in [0.29, 0.717) is 22.8 Å². The maximum atomic E-state index is 13.9. The molecule has 0 saturated carbocycles. The van der Waals surface area contributed by atoms with Gasteiger partial charge in [-0.1, -0.05) is 54.9 Å². The minimum absolute atomic E-state index is 0.137. The van der Waals surface area contributed by atoms with Crippen molar-refractivity contribution >= 4 is 35.2 Å². The molecule has 0 aliphatic heterocycles. The van der Waals surface area contributed by atoms with E-state index in [1.54, 1.807) is 29.2 Å². The fourth-order valence-corrected chi connectivity index (χ4v) is 4.22. The molecule has 2 amide bonds. The van der Waals surface area contributed by atoms with Gasteiger partial charge in [-0.15, -0.1) is 11.8 Å². The second kappa shape index (κ2) is 11.5. The summed E-state index contributed by atoms with van der Waals surface area (Å²) in [6, 6.07) is 13.2. The van der Waals surface area contributed by atoms with Crippen molar-refractivity contribution in [2.24, 2.45) is 0 Å². The van der Waals surface area contributed by atoms with Crippen LogP contribution in [-0.2, 0) is 21.9 Å². The van der Waals surface area contributed by atoms with Crippen LogP contribution < -0.4 is 5.32 Å². The fraction of sp³-hybridized carbons (Fsp3) is 0.417. The summed E-state index contributed by atoms with van der Waals surface area (Å²) in [5.74, 6) is -0.153. The molecule has 31 heavy (non-hydrogen) atoms. The Labute approximate surface area is 193 Å². The van der Waals surface area contributed by atoms with Gasteiger partial charge in [0.15, 0.2) is 0 Å². The van der Waals surface area contributed by atoms with E-state index in [4.69, 9.17) is 11.6 Å². The highest BCUT2D eigenvalue weighted by Gasteiger charge is 2.30. The molecule has 0 aliphatic rings. The van der Waals surface area contributed by atoms with Crippen LogP contribution in [0.2, 0.25) is 5.02 Å².